The fourth-order valence-electron chi connectivity index (χ4n) is 3.84. The molecule has 3 heterocycles. The quantitative estimate of drug-likeness (QED) is 0.392. The molecule has 4 aromatic rings. The molecule has 0 spiro atoms. The van der Waals surface area contributed by atoms with E-state index in [0.717, 1.165) is 11.7 Å². The van der Waals surface area contributed by atoms with E-state index in [-0.39, 0.29) is 42.8 Å². The van der Waals surface area contributed by atoms with Crippen LogP contribution in [0.3, 0.4) is 0 Å². The molecule has 1 amide bonds. The number of sulfonamides is 1. The molecule has 168 valence electrons. The number of amides is 1. The van der Waals surface area contributed by atoms with E-state index in [4.69, 9.17) is 0 Å². The number of hydrogen-bond acceptors (Lipinski definition) is 8. The van der Waals surface area contributed by atoms with Gasteiger partial charge in [0.1, 0.15) is 15.9 Å². The second-order valence-corrected chi connectivity index (χ2v) is 10.8. The number of hydrogen-bond donors (Lipinski definition) is 0. The van der Waals surface area contributed by atoms with Crippen molar-refractivity contribution >= 4 is 55.8 Å². The molecule has 11 heteroatoms. The summed E-state index contributed by atoms with van der Waals surface area (Å²) in [6.07, 6.45) is 0. The molecule has 0 N–H and O–H groups in total. The van der Waals surface area contributed by atoms with Gasteiger partial charge in [-0.3, -0.25) is 9.59 Å². The Morgan fingerprint density at radius 1 is 0.848 bits per heavy atom. The van der Waals surface area contributed by atoms with Crippen LogP contribution in [-0.4, -0.2) is 64.2 Å². The average Bonchev–Trinajstić information content (AvgIpc) is 3.55. The van der Waals surface area contributed by atoms with Crippen LogP contribution in [0.15, 0.2) is 64.9 Å². The van der Waals surface area contributed by atoms with Crippen molar-refractivity contribution in [2.24, 2.45) is 0 Å². The molecule has 8 nitrogen and oxygen atoms in total. The minimum atomic E-state index is -3.78. The summed E-state index contributed by atoms with van der Waals surface area (Å²) in [4.78, 5) is 28.4. The van der Waals surface area contributed by atoms with Crippen LogP contribution >= 0.6 is 23.1 Å². The normalized spacial score (nSPS) is 15.1. The lowest BCUT2D eigenvalue weighted by molar-refractivity contribution is 0.0694. The van der Waals surface area contributed by atoms with Crippen LogP contribution in [0.25, 0.3) is 11.0 Å². The third-order valence-corrected chi connectivity index (χ3v) is 8.88. The first kappa shape index (κ1) is 21.8. The van der Waals surface area contributed by atoms with Crippen LogP contribution < -0.4 is 0 Å². The van der Waals surface area contributed by atoms with Crippen LogP contribution in [0.1, 0.15) is 25.6 Å². The zero-order chi connectivity index (χ0) is 23.0. The van der Waals surface area contributed by atoms with Gasteiger partial charge < -0.3 is 4.90 Å². The smallest absolute Gasteiger partial charge is 0.254 e. The molecular weight excluding hydrogens is 480 g/mol. The summed E-state index contributed by atoms with van der Waals surface area (Å²) in [6, 6.07) is 15.2. The summed E-state index contributed by atoms with van der Waals surface area (Å²) >= 11 is 2.30. The summed E-state index contributed by atoms with van der Waals surface area (Å²) in [5.41, 5.74) is 1.58. The van der Waals surface area contributed by atoms with Crippen LogP contribution in [-0.2, 0) is 10.0 Å². The first-order valence-electron chi connectivity index (χ1n) is 10.1. The lowest BCUT2D eigenvalue weighted by Crippen LogP contribution is -2.50. The van der Waals surface area contributed by atoms with E-state index in [0.29, 0.717) is 27.0 Å². The fourth-order valence-corrected chi connectivity index (χ4v) is 6.69. The first-order valence-corrected chi connectivity index (χ1v) is 13.2. The Labute approximate surface area is 198 Å². The monoisotopic (exact) mass is 498 g/mol. The molecule has 0 aliphatic carbocycles. The van der Waals surface area contributed by atoms with Crippen molar-refractivity contribution in [3.8, 4) is 0 Å². The highest BCUT2D eigenvalue weighted by Gasteiger charge is 2.33. The highest BCUT2D eigenvalue weighted by molar-refractivity contribution is 7.89. The number of fused-ring (bicyclic) bond motifs is 1. The van der Waals surface area contributed by atoms with Crippen molar-refractivity contribution < 1.29 is 18.0 Å². The fraction of sp³-hybridized carbons (Fsp3) is 0.182. The average molecular weight is 499 g/mol. The molecule has 1 aliphatic heterocycles. The number of ketones is 1. The number of piperazine rings is 1. The summed E-state index contributed by atoms with van der Waals surface area (Å²) in [7, 11) is -3.78. The van der Waals surface area contributed by atoms with Gasteiger partial charge in [0.05, 0.1) is 22.2 Å². The molecule has 0 radical (unpaired) electrons. The van der Waals surface area contributed by atoms with E-state index in [9.17, 15) is 18.0 Å². The highest BCUT2D eigenvalue weighted by atomic mass is 32.2. The molecule has 2 aromatic heterocycles. The molecule has 33 heavy (non-hydrogen) atoms. The van der Waals surface area contributed by atoms with Gasteiger partial charge in [-0.2, -0.15) is 13.1 Å². The second kappa shape index (κ2) is 8.75. The van der Waals surface area contributed by atoms with Gasteiger partial charge in [-0.15, -0.1) is 11.3 Å². The van der Waals surface area contributed by atoms with E-state index in [1.165, 1.54) is 21.7 Å². The van der Waals surface area contributed by atoms with Gasteiger partial charge in [0.15, 0.2) is 0 Å². The number of benzene rings is 2. The summed E-state index contributed by atoms with van der Waals surface area (Å²) in [5, 5.41) is 1.82. The maximum Gasteiger partial charge on any atom is 0.254 e. The Morgan fingerprint density at radius 3 is 2.33 bits per heavy atom. The molecule has 5 rings (SSSR count). The number of nitrogens with zero attached hydrogens (tertiary/aromatic N) is 4. The maximum atomic E-state index is 13.3. The van der Waals surface area contributed by atoms with E-state index in [2.05, 4.69) is 8.75 Å². The van der Waals surface area contributed by atoms with Gasteiger partial charge in [-0.25, -0.2) is 8.42 Å². The predicted octanol–water partition coefficient (Wildman–Crippen LogP) is 3.13. The lowest BCUT2D eigenvalue weighted by Gasteiger charge is -2.34. The minimum absolute atomic E-state index is 0.125. The van der Waals surface area contributed by atoms with Gasteiger partial charge in [0.2, 0.25) is 15.8 Å². The van der Waals surface area contributed by atoms with E-state index < -0.39 is 10.0 Å². The zero-order valence-electron chi connectivity index (χ0n) is 17.2. The number of aromatic nitrogens is 2. The topological polar surface area (TPSA) is 101 Å². The SMILES string of the molecule is O=C(c1cccs1)c1ccccc1C(=O)N1CCN(S(=O)(=O)c2cccc3nsnc23)CC1. The zero-order valence-corrected chi connectivity index (χ0v) is 19.7. The first-order chi connectivity index (χ1) is 16.0. The highest BCUT2D eigenvalue weighted by Crippen LogP contribution is 2.26. The summed E-state index contributed by atoms with van der Waals surface area (Å²) in [5.74, 6) is -0.474. The van der Waals surface area contributed by atoms with E-state index >= 15 is 0 Å². The molecule has 1 aliphatic rings. The maximum absolute atomic E-state index is 13.3. The van der Waals surface area contributed by atoms with Crippen molar-refractivity contribution in [3.05, 3.63) is 76.0 Å². The largest absolute Gasteiger partial charge is 0.336 e. The number of carbonyl (C=O) groups excluding carboxylic acids is 2. The van der Waals surface area contributed by atoms with Crippen molar-refractivity contribution in [1.29, 1.82) is 0 Å². The molecule has 0 saturated carbocycles. The summed E-state index contributed by atoms with van der Waals surface area (Å²) in [6.45, 7) is 0.766. The molecular formula is C22H18N4O4S3. The van der Waals surface area contributed by atoms with Crippen molar-refractivity contribution in [2.45, 2.75) is 4.90 Å². The number of carbonyl (C=O) groups is 2. The molecule has 0 bridgehead atoms. The Kier molecular flexibility index (Phi) is 5.79. The Morgan fingerprint density at radius 2 is 1.61 bits per heavy atom. The van der Waals surface area contributed by atoms with Crippen LogP contribution in [0.2, 0.25) is 0 Å². The van der Waals surface area contributed by atoms with Crippen molar-refractivity contribution in [3.63, 3.8) is 0 Å². The minimum Gasteiger partial charge on any atom is -0.336 e. The van der Waals surface area contributed by atoms with Crippen LogP contribution in [0, 0.1) is 0 Å². The van der Waals surface area contributed by atoms with Gasteiger partial charge in [0, 0.05) is 31.7 Å². The third-order valence-electron chi connectivity index (χ3n) is 5.54. The second-order valence-electron chi connectivity index (χ2n) is 7.44. The predicted molar refractivity (Wildman–Crippen MR) is 126 cm³/mol. The number of rotatable bonds is 5. The Balaban J connectivity index is 1.35. The van der Waals surface area contributed by atoms with Crippen LogP contribution in [0.5, 0.6) is 0 Å². The summed E-state index contributed by atoms with van der Waals surface area (Å²) < 4.78 is 36.1. The molecule has 0 atom stereocenters. The number of thiophene rings is 1. The van der Waals surface area contributed by atoms with E-state index in [1.54, 1.807) is 53.4 Å². The van der Waals surface area contributed by atoms with Crippen molar-refractivity contribution in [1.82, 2.24) is 18.0 Å². The van der Waals surface area contributed by atoms with E-state index in [1.807, 2.05) is 5.38 Å². The van der Waals surface area contributed by atoms with Gasteiger partial charge in [-0.1, -0.05) is 30.3 Å². The lowest BCUT2D eigenvalue weighted by atomic mass is 10.0. The van der Waals surface area contributed by atoms with Crippen molar-refractivity contribution in [2.75, 3.05) is 26.2 Å². The molecule has 1 saturated heterocycles. The Bertz CT molecular complexity index is 1440. The Hall–Kier alpha value is -2.99. The van der Waals surface area contributed by atoms with Gasteiger partial charge in [-0.05, 0) is 29.6 Å². The van der Waals surface area contributed by atoms with Crippen LogP contribution in [0.4, 0.5) is 0 Å². The standard InChI is InChI=1S/C22H18N4O4S3/c27-21(18-8-4-14-31-18)15-5-1-2-6-16(15)22(28)25-10-12-26(13-11-25)33(29,30)19-9-3-7-17-20(19)24-32-23-17/h1-9,14H,10-13H2. The van der Waals surface area contributed by atoms with Gasteiger partial charge >= 0.3 is 0 Å². The molecule has 1 fully saturated rings. The van der Waals surface area contributed by atoms with Gasteiger partial charge in [0.25, 0.3) is 5.91 Å². The third kappa shape index (κ3) is 3.97. The molecule has 0 unspecified atom stereocenters. The molecule has 2 aromatic carbocycles.